The summed E-state index contributed by atoms with van der Waals surface area (Å²) in [7, 11) is 0. The Morgan fingerprint density at radius 2 is 2.17 bits per heavy atom. The largest absolute Gasteiger partial charge is 0.391 e. The number of hydrazone groups is 1. The van der Waals surface area contributed by atoms with Crippen LogP contribution in [-0.2, 0) is 4.79 Å². The Morgan fingerprint density at radius 1 is 1.44 bits per heavy atom. The summed E-state index contributed by atoms with van der Waals surface area (Å²) in [5.41, 5.74) is 6.36. The van der Waals surface area contributed by atoms with Gasteiger partial charge in [0.15, 0.2) is 0 Å². The summed E-state index contributed by atoms with van der Waals surface area (Å²) in [5, 5.41) is 15.9. The highest BCUT2D eigenvalue weighted by atomic mass is 16.3. The van der Waals surface area contributed by atoms with Gasteiger partial charge in [-0.15, -0.1) is 0 Å². The lowest BCUT2D eigenvalue weighted by Gasteiger charge is -2.32. The second-order valence-corrected chi connectivity index (χ2v) is 5.33. The third kappa shape index (κ3) is 2.57. The lowest BCUT2D eigenvalue weighted by atomic mass is 9.91. The molecule has 0 bridgehead atoms. The Kier molecular flexibility index (Phi) is 4.35. The predicted octanol–water partition coefficient (Wildman–Crippen LogP) is 0.863. The van der Waals surface area contributed by atoms with Gasteiger partial charge in [0, 0.05) is 5.71 Å². The zero-order valence-corrected chi connectivity index (χ0v) is 11.0. The minimum Gasteiger partial charge on any atom is -0.391 e. The van der Waals surface area contributed by atoms with Gasteiger partial charge in [0.25, 0.3) is 5.91 Å². The first-order chi connectivity index (χ1) is 8.65. The van der Waals surface area contributed by atoms with Crippen molar-refractivity contribution in [2.75, 3.05) is 6.54 Å². The highest BCUT2D eigenvalue weighted by molar-refractivity contribution is 6.06. The van der Waals surface area contributed by atoms with E-state index in [1.165, 1.54) is 0 Å². The summed E-state index contributed by atoms with van der Waals surface area (Å²) < 4.78 is 0. The van der Waals surface area contributed by atoms with Crippen molar-refractivity contribution in [3.63, 3.8) is 0 Å². The molecule has 0 saturated heterocycles. The molecule has 3 unspecified atom stereocenters. The molecule has 1 aliphatic heterocycles. The molecule has 2 aliphatic rings. The van der Waals surface area contributed by atoms with E-state index in [2.05, 4.69) is 5.10 Å². The van der Waals surface area contributed by atoms with E-state index in [4.69, 9.17) is 5.73 Å². The lowest BCUT2D eigenvalue weighted by molar-refractivity contribution is -0.137. The minimum absolute atomic E-state index is 0.0481. The smallest absolute Gasteiger partial charge is 0.251 e. The fourth-order valence-electron chi connectivity index (χ4n) is 2.90. The first-order valence-electron chi connectivity index (χ1n) is 6.91. The number of amides is 1. The standard InChI is InChI=1S/C13H23N3O2/c1-9-10(5-4-8-14)13(18)16(15-9)11-6-2-3-7-12(11)17/h10-12,17H,2-8,14H2,1H3. The topological polar surface area (TPSA) is 78.9 Å². The van der Waals surface area contributed by atoms with Crippen molar-refractivity contribution in [2.45, 2.75) is 57.6 Å². The quantitative estimate of drug-likeness (QED) is 0.780. The van der Waals surface area contributed by atoms with Crippen LogP contribution in [0.2, 0.25) is 0 Å². The number of hydrogen-bond acceptors (Lipinski definition) is 4. The van der Waals surface area contributed by atoms with Gasteiger partial charge in [-0.3, -0.25) is 4.79 Å². The highest BCUT2D eigenvalue weighted by Gasteiger charge is 2.40. The van der Waals surface area contributed by atoms with Crippen LogP contribution < -0.4 is 5.73 Å². The zero-order chi connectivity index (χ0) is 13.1. The highest BCUT2D eigenvalue weighted by Crippen LogP contribution is 2.29. The summed E-state index contributed by atoms with van der Waals surface area (Å²) in [4.78, 5) is 12.3. The maximum absolute atomic E-state index is 12.3. The van der Waals surface area contributed by atoms with Gasteiger partial charge in [-0.05, 0) is 39.2 Å². The number of nitrogens with zero attached hydrogens (tertiary/aromatic N) is 2. The van der Waals surface area contributed by atoms with Crippen LogP contribution in [-0.4, -0.2) is 40.4 Å². The Labute approximate surface area is 108 Å². The molecule has 0 aromatic heterocycles. The van der Waals surface area contributed by atoms with Crippen molar-refractivity contribution >= 4 is 11.6 Å². The summed E-state index contributed by atoms with van der Waals surface area (Å²) in [6.45, 7) is 2.50. The van der Waals surface area contributed by atoms with Gasteiger partial charge in [-0.2, -0.15) is 5.10 Å². The van der Waals surface area contributed by atoms with E-state index in [9.17, 15) is 9.90 Å². The number of carbonyl (C=O) groups excluding carboxylic acids is 1. The molecular weight excluding hydrogens is 230 g/mol. The Morgan fingerprint density at radius 3 is 2.83 bits per heavy atom. The third-order valence-corrected chi connectivity index (χ3v) is 4.00. The summed E-state index contributed by atoms with van der Waals surface area (Å²) in [6.07, 6.45) is 4.91. The van der Waals surface area contributed by atoms with Crippen molar-refractivity contribution in [1.82, 2.24) is 5.01 Å². The molecule has 0 aromatic carbocycles. The lowest BCUT2D eigenvalue weighted by Crippen LogP contribution is -2.45. The van der Waals surface area contributed by atoms with Crippen LogP contribution >= 0.6 is 0 Å². The molecule has 1 amide bonds. The molecule has 5 nitrogen and oxygen atoms in total. The van der Waals surface area contributed by atoms with Gasteiger partial charge in [-0.1, -0.05) is 12.8 Å². The van der Waals surface area contributed by atoms with E-state index in [1.54, 1.807) is 5.01 Å². The molecule has 1 saturated carbocycles. The molecule has 102 valence electrons. The molecule has 1 aliphatic carbocycles. The minimum atomic E-state index is -0.424. The first kappa shape index (κ1) is 13.5. The van der Waals surface area contributed by atoms with Crippen LogP contribution in [0.5, 0.6) is 0 Å². The van der Waals surface area contributed by atoms with E-state index in [0.29, 0.717) is 6.54 Å². The van der Waals surface area contributed by atoms with Crippen molar-refractivity contribution in [2.24, 2.45) is 16.8 Å². The monoisotopic (exact) mass is 253 g/mol. The summed E-state index contributed by atoms with van der Waals surface area (Å²) in [5.74, 6) is -0.0745. The summed E-state index contributed by atoms with van der Waals surface area (Å²) in [6, 6.07) is -0.121. The maximum atomic E-state index is 12.3. The molecule has 18 heavy (non-hydrogen) atoms. The van der Waals surface area contributed by atoms with Gasteiger partial charge in [0.2, 0.25) is 0 Å². The Bertz CT molecular complexity index is 343. The molecule has 1 heterocycles. The predicted molar refractivity (Wildman–Crippen MR) is 70.0 cm³/mol. The molecular formula is C13H23N3O2. The van der Waals surface area contributed by atoms with Crippen LogP contribution in [0.15, 0.2) is 5.10 Å². The van der Waals surface area contributed by atoms with Gasteiger partial charge >= 0.3 is 0 Å². The number of nitrogens with two attached hydrogens (primary N) is 1. The number of carbonyl (C=O) groups is 1. The van der Waals surface area contributed by atoms with Gasteiger partial charge in [0.05, 0.1) is 18.1 Å². The van der Waals surface area contributed by atoms with Crippen LogP contribution in [0.25, 0.3) is 0 Å². The van der Waals surface area contributed by atoms with Crippen molar-refractivity contribution in [1.29, 1.82) is 0 Å². The van der Waals surface area contributed by atoms with E-state index in [-0.39, 0.29) is 17.9 Å². The van der Waals surface area contributed by atoms with Gasteiger partial charge < -0.3 is 10.8 Å². The van der Waals surface area contributed by atoms with Crippen LogP contribution in [0, 0.1) is 5.92 Å². The average molecular weight is 253 g/mol. The molecule has 5 heteroatoms. The third-order valence-electron chi connectivity index (χ3n) is 4.00. The Balaban J connectivity index is 2.04. The number of hydrogen-bond donors (Lipinski definition) is 2. The maximum Gasteiger partial charge on any atom is 0.251 e. The fraction of sp³-hybridized carbons (Fsp3) is 0.846. The number of aliphatic hydroxyl groups is 1. The van der Waals surface area contributed by atoms with Crippen molar-refractivity contribution in [3.05, 3.63) is 0 Å². The SMILES string of the molecule is CC1=NN(C2CCCCC2O)C(=O)C1CCCN. The normalized spacial score (nSPS) is 32.8. The van der Waals surface area contributed by atoms with E-state index in [1.807, 2.05) is 6.92 Å². The van der Waals surface area contributed by atoms with Gasteiger partial charge in [0.1, 0.15) is 0 Å². The molecule has 2 rings (SSSR count). The second kappa shape index (κ2) is 5.80. The van der Waals surface area contributed by atoms with Crippen molar-refractivity contribution < 1.29 is 9.90 Å². The number of rotatable bonds is 4. The molecule has 3 atom stereocenters. The molecule has 0 radical (unpaired) electrons. The average Bonchev–Trinajstić information content (AvgIpc) is 2.63. The fourth-order valence-corrected chi connectivity index (χ4v) is 2.90. The first-order valence-corrected chi connectivity index (χ1v) is 6.91. The van der Waals surface area contributed by atoms with E-state index in [0.717, 1.165) is 44.2 Å². The molecule has 3 N–H and O–H groups in total. The molecule has 0 aromatic rings. The van der Waals surface area contributed by atoms with Crippen LogP contribution in [0.3, 0.4) is 0 Å². The second-order valence-electron chi connectivity index (χ2n) is 5.33. The molecule has 1 fully saturated rings. The Hall–Kier alpha value is -0.940. The summed E-state index contributed by atoms with van der Waals surface area (Å²) >= 11 is 0. The molecule has 0 spiro atoms. The van der Waals surface area contributed by atoms with E-state index >= 15 is 0 Å². The van der Waals surface area contributed by atoms with Gasteiger partial charge in [-0.25, -0.2) is 5.01 Å². The van der Waals surface area contributed by atoms with E-state index < -0.39 is 6.10 Å². The van der Waals surface area contributed by atoms with Crippen molar-refractivity contribution in [3.8, 4) is 0 Å². The van der Waals surface area contributed by atoms with Crippen LogP contribution in [0.4, 0.5) is 0 Å². The number of aliphatic hydroxyl groups excluding tert-OH is 1. The van der Waals surface area contributed by atoms with Crippen LogP contribution in [0.1, 0.15) is 45.4 Å². The zero-order valence-electron chi connectivity index (χ0n) is 11.0.